The van der Waals surface area contributed by atoms with Crippen molar-refractivity contribution >= 4 is 17.8 Å². The van der Waals surface area contributed by atoms with E-state index < -0.39 is 0 Å². The van der Waals surface area contributed by atoms with Crippen molar-refractivity contribution < 1.29 is 0 Å². The number of fused-ring (bicyclic) bond motifs is 1. The van der Waals surface area contributed by atoms with Gasteiger partial charge in [-0.25, -0.2) is 4.98 Å². The van der Waals surface area contributed by atoms with Gasteiger partial charge in [-0.15, -0.1) is 11.8 Å². The molecule has 23 heavy (non-hydrogen) atoms. The van der Waals surface area contributed by atoms with Crippen LogP contribution in [0, 0.1) is 11.3 Å². The Morgan fingerprint density at radius 2 is 1.96 bits per heavy atom. The van der Waals surface area contributed by atoms with Crippen LogP contribution in [0.3, 0.4) is 0 Å². The summed E-state index contributed by atoms with van der Waals surface area (Å²) in [5.74, 6) is 0.829. The number of pyridine rings is 1. The quantitative estimate of drug-likeness (QED) is 0.586. The number of aromatic nitrogens is 1. The summed E-state index contributed by atoms with van der Waals surface area (Å²) in [4.78, 5) is 4.80. The molecule has 0 spiro atoms. The zero-order valence-corrected chi connectivity index (χ0v) is 14.0. The van der Waals surface area contributed by atoms with Crippen molar-refractivity contribution in [2.24, 2.45) is 0 Å². The molecule has 0 saturated carbocycles. The lowest BCUT2D eigenvalue weighted by atomic mass is 10.1. The molecule has 3 rings (SSSR count). The number of rotatable bonds is 4. The molecule has 0 bridgehead atoms. The maximum Gasteiger partial charge on any atom is 0.114 e. The first-order chi connectivity index (χ1) is 11.4. The molecule has 0 N–H and O–H groups in total. The molecule has 0 radical (unpaired) electrons. The van der Waals surface area contributed by atoms with Crippen molar-refractivity contribution in [2.75, 3.05) is 5.75 Å². The molecule has 0 unspecified atom stereocenters. The van der Waals surface area contributed by atoms with Gasteiger partial charge in [0, 0.05) is 11.4 Å². The molecule has 0 fully saturated rings. The predicted molar refractivity (Wildman–Crippen MR) is 96.4 cm³/mol. The summed E-state index contributed by atoms with van der Waals surface area (Å²) in [7, 11) is 0. The summed E-state index contributed by atoms with van der Waals surface area (Å²) in [5.41, 5.74) is 4.41. The minimum atomic E-state index is 0.726. The zero-order chi connectivity index (χ0) is 15.9. The lowest BCUT2D eigenvalue weighted by Gasteiger charge is -2.09. The van der Waals surface area contributed by atoms with Crippen LogP contribution in [0.25, 0.3) is 6.08 Å². The van der Waals surface area contributed by atoms with Crippen LogP contribution in [0.5, 0.6) is 0 Å². The smallest absolute Gasteiger partial charge is 0.114 e. The van der Waals surface area contributed by atoms with Gasteiger partial charge in [0.15, 0.2) is 0 Å². The van der Waals surface area contributed by atoms with Crippen LogP contribution in [0.4, 0.5) is 0 Å². The van der Waals surface area contributed by atoms with Crippen LogP contribution < -0.4 is 0 Å². The molecule has 2 aromatic rings. The Labute approximate surface area is 142 Å². The summed E-state index contributed by atoms with van der Waals surface area (Å²) < 4.78 is 0. The van der Waals surface area contributed by atoms with Crippen molar-refractivity contribution in [3.63, 3.8) is 0 Å². The molecule has 1 aromatic heterocycles. The number of nitrogens with zero attached hydrogens (tertiary/aromatic N) is 2. The minimum Gasteiger partial charge on any atom is -0.245 e. The summed E-state index contributed by atoms with van der Waals surface area (Å²) in [5, 5.41) is 10.3. The SMILES string of the molecule is N#Cc1cc2c(nc1SC/C=C\c1ccccc1)CCCCC2. The number of hydrogen-bond donors (Lipinski definition) is 0. The molecule has 1 heterocycles. The average Bonchev–Trinajstić information content (AvgIpc) is 2.83. The highest BCUT2D eigenvalue weighted by molar-refractivity contribution is 7.99. The lowest BCUT2D eigenvalue weighted by Crippen LogP contribution is -2.00. The summed E-state index contributed by atoms with van der Waals surface area (Å²) >= 11 is 1.65. The number of thioether (sulfide) groups is 1. The molecule has 1 aromatic carbocycles. The molecule has 1 aliphatic rings. The number of aryl methyl sites for hydroxylation is 2. The molecule has 1 aliphatic carbocycles. The third-order valence-corrected chi connectivity index (χ3v) is 5.01. The van der Waals surface area contributed by atoms with Crippen LogP contribution in [0.1, 0.15) is 41.6 Å². The second kappa shape index (κ2) is 7.99. The molecule has 0 saturated heterocycles. The first-order valence-electron chi connectivity index (χ1n) is 8.14. The van der Waals surface area contributed by atoms with Crippen molar-refractivity contribution in [2.45, 2.75) is 37.1 Å². The van der Waals surface area contributed by atoms with Gasteiger partial charge in [0.05, 0.1) is 5.56 Å². The van der Waals surface area contributed by atoms with Crippen LogP contribution in [-0.2, 0) is 12.8 Å². The van der Waals surface area contributed by atoms with Gasteiger partial charge in [0.2, 0.25) is 0 Å². The van der Waals surface area contributed by atoms with Gasteiger partial charge in [-0.2, -0.15) is 5.26 Å². The third kappa shape index (κ3) is 4.24. The van der Waals surface area contributed by atoms with E-state index in [1.54, 1.807) is 11.8 Å². The Hall–Kier alpha value is -2.05. The monoisotopic (exact) mass is 320 g/mol. The number of hydrogen-bond acceptors (Lipinski definition) is 3. The molecule has 0 amide bonds. The van der Waals surface area contributed by atoms with E-state index in [1.807, 2.05) is 18.2 Å². The first kappa shape index (κ1) is 15.8. The lowest BCUT2D eigenvalue weighted by molar-refractivity contribution is 0.707. The topological polar surface area (TPSA) is 36.7 Å². The Kier molecular flexibility index (Phi) is 5.50. The molecular formula is C20H20N2S. The molecule has 2 nitrogen and oxygen atoms in total. The van der Waals surface area contributed by atoms with Gasteiger partial charge < -0.3 is 0 Å². The van der Waals surface area contributed by atoms with Gasteiger partial charge in [-0.3, -0.25) is 0 Å². The average molecular weight is 320 g/mol. The van der Waals surface area contributed by atoms with E-state index in [9.17, 15) is 5.26 Å². The Bertz CT molecular complexity index is 729. The van der Waals surface area contributed by atoms with E-state index >= 15 is 0 Å². The zero-order valence-electron chi connectivity index (χ0n) is 13.2. The van der Waals surface area contributed by atoms with Crippen molar-refractivity contribution in [3.05, 3.63) is 64.9 Å². The standard InChI is InChI=1S/C20H20N2S/c21-15-18-14-17-11-5-2-6-12-19(17)22-20(18)23-13-7-10-16-8-3-1-4-9-16/h1,3-4,7-10,14H,2,5-6,11-13H2/b10-7-. The van der Waals surface area contributed by atoms with Crippen molar-refractivity contribution in [1.82, 2.24) is 4.98 Å². The third-order valence-electron chi connectivity index (χ3n) is 4.06. The summed E-state index contributed by atoms with van der Waals surface area (Å²) in [6.45, 7) is 0. The molecule has 0 atom stereocenters. The normalized spacial score (nSPS) is 14.2. The minimum absolute atomic E-state index is 0.726. The Morgan fingerprint density at radius 1 is 1.13 bits per heavy atom. The van der Waals surface area contributed by atoms with Gasteiger partial charge >= 0.3 is 0 Å². The van der Waals surface area contributed by atoms with Crippen molar-refractivity contribution in [3.8, 4) is 6.07 Å². The number of benzene rings is 1. The Balaban J connectivity index is 1.71. The predicted octanol–water partition coefficient (Wildman–Crippen LogP) is 5.03. The van der Waals surface area contributed by atoms with Gasteiger partial charge in [-0.05, 0) is 42.9 Å². The maximum atomic E-state index is 9.40. The van der Waals surface area contributed by atoms with E-state index in [2.05, 4.69) is 36.4 Å². The molecule has 3 heteroatoms. The van der Waals surface area contributed by atoms with E-state index in [1.165, 1.54) is 36.1 Å². The van der Waals surface area contributed by atoms with Crippen LogP contribution in [-0.4, -0.2) is 10.7 Å². The van der Waals surface area contributed by atoms with Crippen LogP contribution in [0.15, 0.2) is 47.5 Å². The van der Waals surface area contributed by atoms with E-state index in [0.29, 0.717) is 0 Å². The van der Waals surface area contributed by atoms with E-state index in [0.717, 1.165) is 29.2 Å². The van der Waals surface area contributed by atoms with Crippen LogP contribution >= 0.6 is 11.8 Å². The van der Waals surface area contributed by atoms with Crippen LogP contribution in [0.2, 0.25) is 0 Å². The molecular weight excluding hydrogens is 300 g/mol. The summed E-state index contributed by atoms with van der Waals surface area (Å²) in [6, 6.07) is 14.6. The van der Waals surface area contributed by atoms with Crippen molar-refractivity contribution in [1.29, 1.82) is 5.26 Å². The van der Waals surface area contributed by atoms with E-state index in [-0.39, 0.29) is 0 Å². The summed E-state index contributed by atoms with van der Waals surface area (Å²) in [6.07, 6.45) is 10.1. The highest BCUT2D eigenvalue weighted by Crippen LogP contribution is 2.27. The maximum absolute atomic E-state index is 9.40. The fourth-order valence-corrected chi connectivity index (χ4v) is 3.64. The number of nitriles is 1. The largest absolute Gasteiger partial charge is 0.245 e. The highest BCUT2D eigenvalue weighted by Gasteiger charge is 2.14. The van der Waals surface area contributed by atoms with Gasteiger partial charge in [-0.1, -0.05) is 48.9 Å². The second-order valence-electron chi connectivity index (χ2n) is 5.74. The van der Waals surface area contributed by atoms with E-state index in [4.69, 9.17) is 4.98 Å². The Morgan fingerprint density at radius 3 is 2.78 bits per heavy atom. The van der Waals surface area contributed by atoms with Gasteiger partial charge in [0.1, 0.15) is 11.1 Å². The fourth-order valence-electron chi connectivity index (χ4n) is 2.86. The fraction of sp³-hybridized carbons (Fsp3) is 0.300. The molecule has 116 valence electrons. The highest BCUT2D eigenvalue weighted by atomic mass is 32.2. The molecule has 0 aliphatic heterocycles. The van der Waals surface area contributed by atoms with Gasteiger partial charge in [0.25, 0.3) is 0 Å². The second-order valence-corrected chi connectivity index (χ2v) is 6.75. The first-order valence-corrected chi connectivity index (χ1v) is 9.12.